The number of nitro groups is 1. The molecular formula is C13H13N7O3. The first-order valence-corrected chi connectivity index (χ1v) is 6.88. The van der Waals surface area contributed by atoms with E-state index in [9.17, 15) is 10.1 Å². The molecule has 0 unspecified atom stereocenters. The average molecular weight is 315 g/mol. The molecule has 0 aliphatic heterocycles. The molecule has 3 aromatic rings. The first-order valence-electron chi connectivity index (χ1n) is 6.88. The molecule has 0 radical (unpaired) electrons. The lowest BCUT2D eigenvalue weighted by molar-refractivity contribution is -0.384. The maximum Gasteiger partial charge on any atom is 0.270 e. The van der Waals surface area contributed by atoms with E-state index in [1.54, 1.807) is 12.1 Å². The maximum atomic E-state index is 10.8. The van der Waals surface area contributed by atoms with Gasteiger partial charge in [0.1, 0.15) is 6.54 Å². The molecule has 118 valence electrons. The predicted molar refractivity (Wildman–Crippen MR) is 77.4 cm³/mol. The number of benzene rings is 1. The maximum absolute atomic E-state index is 10.8. The van der Waals surface area contributed by atoms with Gasteiger partial charge in [-0.1, -0.05) is 31.1 Å². The predicted octanol–water partition coefficient (Wildman–Crippen LogP) is 1.80. The third-order valence-corrected chi connectivity index (χ3v) is 3.03. The summed E-state index contributed by atoms with van der Waals surface area (Å²) in [4.78, 5) is 15.9. The Morgan fingerprint density at radius 2 is 2.22 bits per heavy atom. The topological polar surface area (TPSA) is 126 Å². The number of aromatic nitrogens is 6. The Morgan fingerprint density at radius 1 is 1.39 bits per heavy atom. The van der Waals surface area contributed by atoms with Crippen molar-refractivity contribution in [2.45, 2.75) is 26.3 Å². The molecule has 0 saturated carbocycles. The summed E-state index contributed by atoms with van der Waals surface area (Å²) < 4.78 is 5.11. The fourth-order valence-electron chi connectivity index (χ4n) is 1.88. The third kappa shape index (κ3) is 3.20. The van der Waals surface area contributed by atoms with E-state index in [1.165, 1.54) is 16.9 Å². The van der Waals surface area contributed by atoms with Crippen LogP contribution >= 0.6 is 0 Å². The first-order chi connectivity index (χ1) is 11.0. The second kappa shape index (κ2) is 5.91. The molecule has 1 aromatic carbocycles. The highest BCUT2D eigenvalue weighted by atomic mass is 16.6. The van der Waals surface area contributed by atoms with Crippen LogP contribution < -0.4 is 0 Å². The fraction of sp³-hybridized carbons (Fsp3) is 0.308. The van der Waals surface area contributed by atoms with Gasteiger partial charge in [-0.3, -0.25) is 10.1 Å². The van der Waals surface area contributed by atoms with Gasteiger partial charge in [-0.05, 0) is 5.21 Å². The standard InChI is InChI=1S/C13H13N7O3/c1-8(2)13-14-11(17-23-13)7-19-16-12(15-18-19)9-4-3-5-10(6-9)20(21)22/h3-6,8H,7H2,1-2H3. The van der Waals surface area contributed by atoms with E-state index in [-0.39, 0.29) is 18.2 Å². The molecule has 0 spiro atoms. The molecule has 0 saturated heterocycles. The number of non-ortho nitro benzene ring substituents is 1. The molecule has 0 atom stereocenters. The van der Waals surface area contributed by atoms with E-state index in [0.717, 1.165) is 0 Å². The molecule has 2 aromatic heterocycles. The van der Waals surface area contributed by atoms with E-state index in [0.29, 0.717) is 23.1 Å². The van der Waals surface area contributed by atoms with E-state index in [2.05, 4.69) is 25.6 Å². The number of rotatable bonds is 5. The lowest BCUT2D eigenvalue weighted by Gasteiger charge is -1.95. The van der Waals surface area contributed by atoms with E-state index < -0.39 is 4.92 Å². The second-order valence-corrected chi connectivity index (χ2v) is 5.15. The number of nitrogens with zero attached hydrogens (tertiary/aromatic N) is 7. The van der Waals surface area contributed by atoms with Crippen molar-refractivity contribution in [1.29, 1.82) is 0 Å². The molecule has 0 fully saturated rings. The lowest BCUT2D eigenvalue weighted by Crippen LogP contribution is -2.05. The van der Waals surface area contributed by atoms with Crippen molar-refractivity contribution < 1.29 is 9.45 Å². The van der Waals surface area contributed by atoms with Crippen molar-refractivity contribution in [3.8, 4) is 11.4 Å². The summed E-state index contributed by atoms with van der Waals surface area (Å²) in [5, 5.41) is 26.6. The number of nitro benzene ring substituents is 1. The Bertz CT molecular complexity index is 839. The zero-order valence-corrected chi connectivity index (χ0v) is 12.4. The summed E-state index contributed by atoms with van der Waals surface area (Å²) in [6.07, 6.45) is 0. The molecule has 0 N–H and O–H groups in total. The monoisotopic (exact) mass is 315 g/mol. The van der Waals surface area contributed by atoms with Gasteiger partial charge >= 0.3 is 0 Å². The fourth-order valence-corrected chi connectivity index (χ4v) is 1.88. The van der Waals surface area contributed by atoms with Crippen LogP contribution in [0, 0.1) is 10.1 Å². The number of hydrogen-bond donors (Lipinski definition) is 0. The molecule has 23 heavy (non-hydrogen) atoms. The summed E-state index contributed by atoms with van der Waals surface area (Å²) in [6, 6.07) is 6.05. The summed E-state index contributed by atoms with van der Waals surface area (Å²) in [6.45, 7) is 4.11. The van der Waals surface area contributed by atoms with Crippen LogP contribution in [0.15, 0.2) is 28.8 Å². The molecule has 2 heterocycles. The van der Waals surface area contributed by atoms with Crippen molar-refractivity contribution in [3.63, 3.8) is 0 Å². The van der Waals surface area contributed by atoms with Crippen LogP contribution in [0.3, 0.4) is 0 Å². The molecule has 0 amide bonds. The molecule has 10 nitrogen and oxygen atoms in total. The first kappa shape index (κ1) is 14.8. The Hall–Kier alpha value is -3.17. The van der Waals surface area contributed by atoms with Crippen molar-refractivity contribution in [3.05, 3.63) is 46.1 Å². The van der Waals surface area contributed by atoms with Crippen molar-refractivity contribution in [2.24, 2.45) is 0 Å². The van der Waals surface area contributed by atoms with E-state index in [1.807, 2.05) is 13.8 Å². The van der Waals surface area contributed by atoms with Gasteiger partial charge < -0.3 is 4.52 Å². The summed E-state index contributed by atoms with van der Waals surface area (Å²) in [5.41, 5.74) is 0.486. The zero-order valence-electron chi connectivity index (χ0n) is 12.4. The number of tetrazole rings is 1. The van der Waals surface area contributed by atoms with Crippen LogP contribution in [-0.2, 0) is 6.54 Å². The Labute approximate surface area is 130 Å². The van der Waals surface area contributed by atoms with Crippen molar-refractivity contribution in [1.82, 2.24) is 30.3 Å². The smallest absolute Gasteiger partial charge is 0.270 e. The largest absolute Gasteiger partial charge is 0.339 e. The Kier molecular flexibility index (Phi) is 3.79. The Balaban J connectivity index is 1.80. The van der Waals surface area contributed by atoms with E-state index in [4.69, 9.17) is 4.52 Å². The van der Waals surface area contributed by atoms with Gasteiger partial charge in [0.2, 0.25) is 11.7 Å². The minimum Gasteiger partial charge on any atom is -0.339 e. The van der Waals surface area contributed by atoms with Crippen LogP contribution in [0.5, 0.6) is 0 Å². The van der Waals surface area contributed by atoms with Gasteiger partial charge in [-0.15, -0.1) is 10.2 Å². The summed E-state index contributed by atoms with van der Waals surface area (Å²) >= 11 is 0. The second-order valence-electron chi connectivity index (χ2n) is 5.15. The van der Waals surface area contributed by atoms with E-state index >= 15 is 0 Å². The summed E-state index contributed by atoms with van der Waals surface area (Å²) in [5.74, 6) is 1.41. The van der Waals surface area contributed by atoms with Gasteiger partial charge in [0.05, 0.1) is 4.92 Å². The SMILES string of the molecule is CC(C)c1nc(Cn2nnc(-c3cccc([N+](=O)[O-])c3)n2)no1. The normalized spacial score (nSPS) is 11.1. The molecule has 3 rings (SSSR count). The highest BCUT2D eigenvalue weighted by Crippen LogP contribution is 2.20. The summed E-state index contributed by atoms with van der Waals surface area (Å²) in [7, 11) is 0. The molecule has 0 aliphatic rings. The van der Waals surface area contributed by atoms with Gasteiger partial charge in [-0.25, -0.2) is 0 Å². The van der Waals surface area contributed by atoms with Crippen LogP contribution in [0.2, 0.25) is 0 Å². The van der Waals surface area contributed by atoms with Crippen LogP contribution in [-0.4, -0.2) is 35.3 Å². The highest BCUT2D eigenvalue weighted by molar-refractivity contribution is 5.58. The molecule has 0 aliphatic carbocycles. The van der Waals surface area contributed by atoms with Crippen LogP contribution in [0.25, 0.3) is 11.4 Å². The van der Waals surface area contributed by atoms with Gasteiger partial charge in [-0.2, -0.15) is 9.78 Å². The minimum atomic E-state index is -0.472. The van der Waals surface area contributed by atoms with Gasteiger partial charge in [0, 0.05) is 23.6 Å². The highest BCUT2D eigenvalue weighted by Gasteiger charge is 2.14. The quantitative estimate of drug-likeness (QED) is 0.515. The molecular weight excluding hydrogens is 302 g/mol. The lowest BCUT2D eigenvalue weighted by atomic mass is 10.2. The third-order valence-electron chi connectivity index (χ3n) is 3.03. The van der Waals surface area contributed by atoms with Gasteiger partial charge in [0.25, 0.3) is 5.69 Å². The zero-order chi connectivity index (χ0) is 16.4. The Morgan fingerprint density at radius 3 is 2.91 bits per heavy atom. The van der Waals surface area contributed by atoms with Crippen molar-refractivity contribution in [2.75, 3.05) is 0 Å². The van der Waals surface area contributed by atoms with Gasteiger partial charge in [0.15, 0.2) is 5.82 Å². The minimum absolute atomic E-state index is 0.0291. The van der Waals surface area contributed by atoms with Crippen LogP contribution in [0.4, 0.5) is 5.69 Å². The van der Waals surface area contributed by atoms with Crippen molar-refractivity contribution >= 4 is 5.69 Å². The molecule has 0 bridgehead atoms. The number of hydrogen-bond acceptors (Lipinski definition) is 8. The van der Waals surface area contributed by atoms with Crippen LogP contribution in [0.1, 0.15) is 31.5 Å². The average Bonchev–Trinajstić information content (AvgIpc) is 3.17. The molecule has 10 heteroatoms.